The summed E-state index contributed by atoms with van der Waals surface area (Å²) in [6, 6.07) is 3.68. The van der Waals surface area contributed by atoms with Crippen LogP contribution < -0.4 is 5.32 Å². The number of hydrogen-bond donors (Lipinski definition) is 2. The third-order valence-electron chi connectivity index (χ3n) is 3.01. The average Bonchev–Trinajstić information content (AvgIpc) is 3.14. The molecule has 5 nitrogen and oxygen atoms in total. The van der Waals surface area contributed by atoms with Crippen molar-refractivity contribution in [2.75, 3.05) is 0 Å². The van der Waals surface area contributed by atoms with Crippen molar-refractivity contribution in [2.24, 2.45) is 0 Å². The molecule has 0 aromatic carbocycles. The van der Waals surface area contributed by atoms with E-state index in [4.69, 9.17) is 0 Å². The fourth-order valence-corrected chi connectivity index (χ4v) is 1.83. The molecule has 0 bridgehead atoms. The monoisotopic (exact) mass is 248 g/mol. The van der Waals surface area contributed by atoms with E-state index < -0.39 is 11.9 Å². The first-order valence-electron chi connectivity index (χ1n) is 6.09. The van der Waals surface area contributed by atoms with Crippen LogP contribution in [0.5, 0.6) is 0 Å². The van der Waals surface area contributed by atoms with Crippen LogP contribution in [0, 0.1) is 0 Å². The summed E-state index contributed by atoms with van der Waals surface area (Å²) in [5.74, 6) is -1.60. The predicted molar refractivity (Wildman–Crippen MR) is 65.0 cm³/mol. The Morgan fingerprint density at radius 3 is 2.61 bits per heavy atom. The molecule has 1 aliphatic rings. The maximum Gasteiger partial charge on any atom is 0.310 e. The molecular weight excluding hydrogens is 232 g/mol. The van der Waals surface area contributed by atoms with E-state index in [-0.39, 0.29) is 12.3 Å². The lowest BCUT2D eigenvalue weighted by atomic mass is 9.95. The van der Waals surface area contributed by atoms with Crippen LogP contribution in [-0.2, 0) is 9.59 Å². The third-order valence-corrected chi connectivity index (χ3v) is 3.01. The zero-order chi connectivity index (χ0) is 13.0. The quantitative estimate of drug-likeness (QED) is 0.795. The average molecular weight is 248 g/mol. The van der Waals surface area contributed by atoms with Gasteiger partial charge in [0.2, 0.25) is 5.91 Å². The van der Waals surface area contributed by atoms with Crippen LogP contribution in [0.4, 0.5) is 0 Å². The highest BCUT2D eigenvalue weighted by Crippen LogP contribution is 2.22. The largest absolute Gasteiger partial charge is 0.481 e. The van der Waals surface area contributed by atoms with E-state index in [0.717, 1.165) is 12.8 Å². The maximum absolute atomic E-state index is 11.5. The molecule has 0 aliphatic heterocycles. The van der Waals surface area contributed by atoms with Gasteiger partial charge in [-0.2, -0.15) is 0 Å². The molecule has 1 aromatic heterocycles. The first-order valence-corrected chi connectivity index (χ1v) is 6.09. The molecule has 1 fully saturated rings. The van der Waals surface area contributed by atoms with Crippen molar-refractivity contribution in [1.29, 1.82) is 0 Å². The minimum atomic E-state index is -0.902. The maximum atomic E-state index is 11.5. The Kier molecular flexibility index (Phi) is 3.92. The molecule has 18 heavy (non-hydrogen) atoms. The van der Waals surface area contributed by atoms with Crippen LogP contribution in [0.15, 0.2) is 24.5 Å². The van der Waals surface area contributed by atoms with E-state index in [1.54, 1.807) is 24.5 Å². The van der Waals surface area contributed by atoms with Gasteiger partial charge in [0.25, 0.3) is 0 Å². The van der Waals surface area contributed by atoms with Gasteiger partial charge in [0.1, 0.15) is 0 Å². The van der Waals surface area contributed by atoms with Crippen molar-refractivity contribution in [2.45, 2.75) is 37.6 Å². The summed E-state index contributed by atoms with van der Waals surface area (Å²) in [4.78, 5) is 26.6. The fourth-order valence-electron chi connectivity index (χ4n) is 1.83. The van der Waals surface area contributed by atoms with Gasteiger partial charge in [0, 0.05) is 24.9 Å². The van der Waals surface area contributed by atoms with Crippen molar-refractivity contribution in [3.05, 3.63) is 30.1 Å². The van der Waals surface area contributed by atoms with Gasteiger partial charge < -0.3 is 10.4 Å². The summed E-state index contributed by atoms with van der Waals surface area (Å²) in [5.41, 5.74) is 0.691. The normalized spacial score (nSPS) is 16.0. The number of carboxylic acid groups (broad SMARTS) is 1. The van der Waals surface area contributed by atoms with Crippen LogP contribution in [-0.4, -0.2) is 28.0 Å². The Morgan fingerprint density at radius 2 is 2.06 bits per heavy atom. The van der Waals surface area contributed by atoms with Gasteiger partial charge in [-0.15, -0.1) is 0 Å². The van der Waals surface area contributed by atoms with Crippen LogP contribution >= 0.6 is 0 Å². The van der Waals surface area contributed by atoms with Crippen molar-refractivity contribution in [3.63, 3.8) is 0 Å². The van der Waals surface area contributed by atoms with E-state index in [0.29, 0.717) is 18.0 Å². The Hall–Kier alpha value is -1.91. The SMILES string of the molecule is O=C(CCC(C(=O)O)c1ccncc1)NC1CC1. The van der Waals surface area contributed by atoms with Gasteiger partial charge in [-0.3, -0.25) is 14.6 Å². The number of nitrogens with one attached hydrogen (secondary N) is 1. The van der Waals surface area contributed by atoms with E-state index in [2.05, 4.69) is 10.3 Å². The molecule has 1 saturated carbocycles. The van der Waals surface area contributed by atoms with Crippen molar-refractivity contribution in [1.82, 2.24) is 10.3 Å². The topological polar surface area (TPSA) is 79.3 Å². The molecule has 96 valence electrons. The zero-order valence-electron chi connectivity index (χ0n) is 10.0. The molecule has 1 atom stereocenters. The third kappa shape index (κ3) is 3.55. The van der Waals surface area contributed by atoms with Gasteiger partial charge in [-0.1, -0.05) is 0 Å². The van der Waals surface area contributed by atoms with Crippen LogP contribution in [0.3, 0.4) is 0 Å². The Bertz CT molecular complexity index is 429. The molecular formula is C13H16N2O3. The van der Waals surface area contributed by atoms with Gasteiger partial charge in [-0.25, -0.2) is 0 Å². The van der Waals surface area contributed by atoms with Crippen molar-refractivity contribution < 1.29 is 14.7 Å². The number of carbonyl (C=O) groups excluding carboxylic acids is 1. The lowest BCUT2D eigenvalue weighted by molar-refractivity contribution is -0.139. The standard InChI is InChI=1S/C13H16N2O3/c16-12(15-10-1-2-10)4-3-11(13(17)18)9-5-7-14-8-6-9/h5-8,10-11H,1-4H2,(H,15,16)(H,17,18). The number of carbonyl (C=O) groups is 2. The Morgan fingerprint density at radius 1 is 1.39 bits per heavy atom. The summed E-state index contributed by atoms with van der Waals surface area (Å²) >= 11 is 0. The van der Waals surface area contributed by atoms with Gasteiger partial charge >= 0.3 is 5.97 Å². The van der Waals surface area contributed by atoms with E-state index in [9.17, 15) is 14.7 Å². The molecule has 1 amide bonds. The second-order valence-corrected chi connectivity index (χ2v) is 4.55. The number of aromatic nitrogens is 1. The molecule has 0 saturated heterocycles. The van der Waals surface area contributed by atoms with Gasteiger partial charge in [0.15, 0.2) is 0 Å². The first-order chi connectivity index (χ1) is 8.66. The lowest BCUT2D eigenvalue weighted by Gasteiger charge is -2.12. The number of pyridine rings is 1. The molecule has 1 heterocycles. The second kappa shape index (κ2) is 5.62. The highest BCUT2D eigenvalue weighted by molar-refractivity contribution is 5.79. The summed E-state index contributed by atoms with van der Waals surface area (Å²) in [6.07, 6.45) is 5.77. The molecule has 0 radical (unpaired) electrons. The number of carboxylic acids is 1. The highest BCUT2D eigenvalue weighted by atomic mass is 16.4. The molecule has 0 spiro atoms. The Labute approximate surface area is 105 Å². The summed E-state index contributed by atoms with van der Waals surface area (Å²) in [5, 5.41) is 12.0. The number of rotatable bonds is 6. The fraction of sp³-hybridized carbons (Fsp3) is 0.462. The molecule has 2 N–H and O–H groups in total. The van der Waals surface area contributed by atoms with Gasteiger partial charge in [-0.05, 0) is 37.0 Å². The number of amides is 1. The lowest BCUT2D eigenvalue weighted by Crippen LogP contribution is -2.26. The number of aliphatic carboxylic acids is 1. The van der Waals surface area contributed by atoms with Crippen LogP contribution in [0.1, 0.15) is 37.2 Å². The summed E-state index contributed by atoms with van der Waals surface area (Å²) < 4.78 is 0. The van der Waals surface area contributed by atoms with E-state index in [1.165, 1.54) is 0 Å². The number of nitrogens with zero attached hydrogens (tertiary/aromatic N) is 1. The molecule has 1 aromatic rings. The molecule has 5 heteroatoms. The van der Waals surface area contributed by atoms with Crippen LogP contribution in [0.2, 0.25) is 0 Å². The molecule has 1 aliphatic carbocycles. The Balaban J connectivity index is 1.90. The van der Waals surface area contributed by atoms with Crippen molar-refractivity contribution in [3.8, 4) is 0 Å². The van der Waals surface area contributed by atoms with Gasteiger partial charge in [0.05, 0.1) is 5.92 Å². The highest BCUT2D eigenvalue weighted by Gasteiger charge is 2.25. The second-order valence-electron chi connectivity index (χ2n) is 4.55. The van der Waals surface area contributed by atoms with Crippen molar-refractivity contribution >= 4 is 11.9 Å². The van der Waals surface area contributed by atoms with Crippen LogP contribution in [0.25, 0.3) is 0 Å². The first kappa shape index (κ1) is 12.5. The minimum absolute atomic E-state index is 0.0576. The van der Waals surface area contributed by atoms with E-state index in [1.807, 2.05) is 0 Å². The predicted octanol–water partition coefficient (Wildman–Crippen LogP) is 1.31. The molecule has 1 unspecified atom stereocenters. The summed E-state index contributed by atoms with van der Waals surface area (Å²) in [7, 11) is 0. The number of hydrogen-bond acceptors (Lipinski definition) is 3. The smallest absolute Gasteiger partial charge is 0.310 e. The minimum Gasteiger partial charge on any atom is -0.481 e. The van der Waals surface area contributed by atoms with E-state index >= 15 is 0 Å². The summed E-state index contributed by atoms with van der Waals surface area (Å²) in [6.45, 7) is 0. The molecule has 2 rings (SSSR count). The zero-order valence-corrected chi connectivity index (χ0v) is 10.0.